The average Bonchev–Trinajstić information content (AvgIpc) is 3.33. The normalized spacial score (nSPS) is 14.2. The summed E-state index contributed by atoms with van der Waals surface area (Å²) in [5.41, 5.74) is 10.1. The molecule has 35 heavy (non-hydrogen) atoms. The molecule has 0 aliphatic carbocycles. The van der Waals surface area contributed by atoms with E-state index < -0.39 is 0 Å². The molecule has 9 nitrogen and oxygen atoms in total. The van der Waals surface area contributed by atoms with Crippen LogP contribution in [0.25, 0.3) is 16.9 Å². The molecule has 1 atom stereocenters. The summed E-state index contributed by atoms with van der Waals surface area (Å²) in [4.78, 5) is 8.98. The van der Waals surface area contributed by atoms with Crippen molar-refractivity contribution in [2.24, 2.45) is 5.73 Å². The van der Waals surface area contributed by atoms with Crippen molar-refractivity contribution >= 4 is 0 Å². The Hall–Kier alpha value is -4.10. The van der Waals surface area contributed by atoms with E-state index in [9.17, 15) is 5.26 Å². The van der Waals surface area contributed by atoms with Gasteiger partial charge in [-0.2, -0.15) is 15.3 Å². The van der Waals surface area contributed by atoms with Crippen molar-refractivity contribution in [3.63, 3.8) is 0 Å². The lowest BCUT2D eigenvalue weighted by Gasteiger charge is -2.28. The van der Waals surface area contributed by atoms with E-state index in [-0.39, 0.29) is 6.04 Å². The number of aryl methyl sites for hydroxylation is 1. The average molecular weight is 468 g/mol. The van der Waals surface area contributed by atoms with E-state index in [1.807, 2.05) is 43.5 Å². The molecule has 1 aliphatic heterocycles. The van der Waals surface area contributed by atoms with Crippen LogP contribution in [0.15, 0.2) is 67.0 Å². The number of ether oxygens (including phenoxy) is 2. The van der Waals surface area contributed by atoms with Crippen LogP contribution in [-0.4, -0.2) is 45.5 Å². The summed E-state index contributed by atoms with van der Waals surface area (Å²) in [5.74, 6) is 1.41. The van der Waals surface area contributed by atoms with Gasteiger partial charge in [-0.05, 0) is 19.1 Å². The van der Waals surface area contributed by atoms with Gasteiger partial charge in [0.2, 0.25) is 5.88 Å². The van der Waals surface area contributed by atoms with Crippen molar-refractivity contribution in [1.82, 2.24) is 25.1 Å². The van der Waals surface area contributed by atoms with Crippen LogP contribution in [0.1, 0.15) is 23.0 Å². The summed E-state index contributed by atoms with van der Waals surface area (Å²) >= 11 is 0. The van der Waals surface area contributed by atoms with Crippen molar-refractivity contribution in [3.05, 3.63) is 83.9 Å². The van der Waals surface area contributed by atoms with Crippen LogP contribution < -0.4 is 15.8 Å². The van der Waals surface area contributed by atoms with E-state index >= 15 is 0 Å². The number of nitriles is 1. The predicted molar refractivity (Wildman–Crippen MR) is 130 cm³/mol. The van der Waals surface area contributed by atoms with E-state index in [1.165, 1.54) is 0 Å². The fourth-order valence-electron chi connectivity index (χ4n) is 3.74. The monoisotopic (exact) mass is 467 g/mol. The zero-order chi connectivity index (χ0) is 24.2. The Morgan fingerprint density at radius 2 is 2.03 bits per heavy atom. The summed E-state index contributed by atoms with van der Waals surface area (Å²) in [5, 5.41) is 17.3. The molecule has 1 fully saturated rings. The molecule has 1 saturated heterocycles. The number of aromatic nitrogens is 4. The highest BCUT2D eigenvalue weighted by Crippen LogP contribution is 2.30. The van der Waals surface area contributed by atoms with E-state index in [4.69, 9.17) is 15.2 Å². The lowest BCUT2D eigenvalue weighted by molar-refractivity contribution is -0.00541. The molecule has 5 rings (SSSR count). The van der Waals surface area contributed by atoms with Crippen molar-refractivity contribution in [2.75, 3.05) is 19.8 Å². The van der Waals surface area contributed by atoms with Crippen molar-refractivity contribution < 1.29 is 9.47 Å². The fourth-order valence-corrected chi connectivity index (χ4v) is 3.74. The lowest BCUT2D eigenvalue weighted by atomic mass is 10.1. The summed E-state index contributed by atoms with van der Waals surface area (Å²) in [7, 11) is 0. The van der Waals surface area contributed by atoms with Gasteiger partial charge < -0.3 is 20.5 Å². The zero-order valence-corrected chi connectivity index (χ0v) is 19.3. The smallest absolute Gasteiger partial charge is 0.223 e. The maximum absolute atomic E-state index is 9.45. The third kappa shape index (κ3) is 5.20. The quantitative estimate of drug-likeness (QED) is 0.405. The molecule has 2 aromatic carbocycles. The zero-order valence-electron chi connectivity index (χ0n) is 19.3. The third-order valence-corrected chi connectivity index (χ3v) is 5.73. The largest absolute Gasteiger partial charge is 0.437 e. The number of hydrogen-bond acceptors (Lipinski definition) is 8. The highest BCUT2D eigenvalue weighted by atomic mass is 16.5. The van der Waals surface area contributed by atoms with Gasteiger partial charge in [0.1, 0.15) is 11.5 Å². The first kappa shape index (κ1) is 22.7. The van der Waals surface area contributed by atoms with E-state index in [0.29, 0.717) is 54.5 Å². The van der Waals surface area contributed by atoms with Crippen LogP contribution in [0.5, 0.6) is 11.6 Å². The number of nitrogens with two attached hydrogens (primary N) is 1. The summed E-state index contributed by atoms with van der Waals surface area (Å²) < 4.78 is 13.1. The maximum Gasteiger partial charge on any atom is 0.223 e. The van der Waals surface area contributed by atoms with Crippen LogP contribution in [0, 0.1) is 18.3 Å². The van der Waals surface area contributed by atoms with Gasteiger partial charge in [0, 0.05) is 42.0 Å². The SMILES string of the molecule is Cc1nc(Oc2cc(C#N)ccc2-n2cc(C(N)CNC3COC3)cn2)cc(-c2ccccc2)n1. The second-order valence-corrected chi connectivity index (χ2v) is 8.37. The molecule has 4 aromatic rings. The molecule has 9 heteroatoms. The van der Waals surface area contributed by atoms with Gasteiger partial charge in [0.15, 0.2) is 5.75 Å². The first-order chi connectivity index (χ1) is 17.1. The molecule has 0 saturated carbocycles. The molecule has 1 aliphatic rings. The standard InChI is InChI=1S/C26H25N7O2/c1-17-31-23(19-5-3-2-4-6-19)10-26(32-17)35-25-9-18(11-27)7-8-24(25)33-14-20(12-30-33)22(28)13-29-21-15-34-16-21/h2-10,12,14,21-22,29H,13,15-16,28H2,1H3. The van der Waals surface area contributed by atoms with Crippen molar-refractivity contribution in [2.45, 2.75) is 19.0 Å². The molecule has 0 spiro atoms. The molecule has 3 heterocycles. The number of benzene rings is 2. The fraction of sp³-hybridized carbons (Fsp3) is 0.231. The van der Waals surface area contributed by atoms with E-state index in [0.717, 1.165) is 16.8 Å². The molecular formula is C26H25N7O2. The maximum atomic E-state index is 9.45. The minimum absolute atomic E-state index is 0.218. The van der Waals surface area contributed by atoms with Crippen molar-refractivity contribution in [3.8, 4) is 34.6 Å². The lowest BCUT2D eigenvalue weighted by Crippen LogP contribution is -2.48. The highest BCUT2D eigenvalue weighted by molar-refractivity contribution is 5.60. The number of nitrogens with zero attached hydrogens (tertiary/aromatic N) is 5. The highest BCUT2D eigenvalue weighted by Gasteiger charge is 2.20. The van der Waals surface area contributed by atoms with Gasteiger partial charge in [-0.3, -0.25) is 0 Å². The second kappa shape index (κ2) is 10.0. The number of nitrogens with one attached hydrogen (secondary N) is 1. The van der Waals surface area contributed by atoms with Gasteiger partial charge in [-0.25, -0.2) is 9.67 Å². The van der Waals surface area contributed by atoms with Crippen LogP contribution >= 0.6 is 0 Å². The molecule has 0 radical (unpaired) electrons. The molecule has 176 valence electrons. The Balaban J connectivity index is 1.42. The first-order valence-electron chi connectivity index (χ1n) is 11.3. The summed E-state index contributed by atoms with van der Waals surface area (Å²) in [6, 6.07) is 19.1. The molecule has 2 aromatic heterocycles. The van der Waals surface area contributed by atoms with Gasteiger partial charge in [0.25, 0.3) is 0 Å². The Morgan fingerprint density at radius 1 is 1.20 bits per heavy atom. The Labute approximate surface area is 203 Å². The van der Waals surface area contributed by atoms with Gasteiger partial charge in [0.05, 0.1) is 42.8 Å². The van der Waals surface area contributed by atoms with E-state index in [2.05, 4.69) is 26.5 Å². The van der Waals surface area contributed by atoms with Gasteiger partial charge >= 0.3 is 0 Å². The second-order valence-electron chi connectivity index (χ2n) is 8.37. The Kier molecular flexibility index (Phi) is 6.50. The topological polar surface area (TPSA) is 124 Å². The predicted octanol–water partition coefficient (Wildman–Crippen LogP) is 3.29. The van der Waals surface area contributed by atoms with Gasteiger partial charge in [-0.15, -0.1) is 0 Å². The summed E-state index contributed by atoms with van der Waals surface area (Å²) in [6.45, 7) is 3.87. The number of rotatable bonds is 8. The minimum atomic E-state index is -0.218. The van der Waals surface area contributed by atoms with Gasteiger partial charge in [-0.1, -0.05) is 30.3 Å². The number of hydrogen-bond donors (Lipinski definition) is 2. The first-order valence-corrected chi connectivity index (χ1v) is 11.3. The Morgan fingerprint density at radius 3 is 2.77 bits per heavy atom. The Bertz CT molecular complexity index is 1360. The third-order valence-electron chi connectivity index (χ3n) is 5.73. The molecular weight excluding hydrogens is 442 g/mol. The molecule has 3 N–H and O–H groups in total. The molecule has 0 bridgehead atoms. The van der Waals surface area contributed by atoms with Crippen LogP contribution in [0.3, 0.4) is 0 Å². The summed E-state index contributed by atoms with van der Waals surface area (Å²) in [6.07, 6.45) is 3.62. The van der Waals surface area contributed by atoms with E-state index in [1.54, 1.807) is 35.1 Å². The minimum Gasteiger partial charge on any atom is -0.437 e. The van der Waals surface area contributed by atoms with Crippen molar-refractivity contribution in [1.29, 1.82) is 5.26 Å². The molecule has 0 amide bonds. The van der Waals surface area contributed by atoms with Crippen LogP contribution in [-0.2, 0) is 4.74 Å². The van der Waals surface area contributed by atoms with Crippen LogP contribution in [0.2, 0.25) is 0 Å². The molecule has 1 unspecified atom stereocenters. The van der Waals surface area contributed by atoms with Crippen LogP contribution in [0.4, 0.5) is 0 Å².